The molecule has 1 saturated heterocycles. The van der Waals surface area contributed by atoms with Gasteiger partial charge in [0.1, 0.15) is 0 Å². The summed E-state index contributed by atoms with van der Waals surface area (Å²) in [7, 11) is 3.79. The summed E-state index contributed by atoms with van der Waals surface area (Å²) >= 11 is 6.32. The van der Waals surface area contributed by atoms with E-state index in [2.05, 4.69) is 37.7 Å². The normalized spacial score (nSPS) is 16.7. The van der Waals surface area contributed by atoms with E-state index in [1.165, 1.54) is 0 Å². The van der Waals surface area contributed by atoms with Gasteiger partial charge in [0.15, 0.2) is 5.82 Å². The highest BCUT2D eigenvalue weighted by molar-refractivity contribution is 6.33. The van der Waals surface area contributed by atoms with Gasteiger partial charge in [-0.1, -0.05) is 23.7 Å². The zero-order valence-corrected chi connectivity index (χ0v) is 15.6. The Balaban J connectivity index is 1.70. The van der Waals surface area contributed by atoms with Gasteiger partial charge in [-0.2, -0.15) is 15.0 Å². The van der Waals surface area contributed by atoms with Crippen LogP contribution >= 0.6 is 11.6 Å². The van der Waals surface area contributed by atoms with E-state index in [0.29, 0.717) is 11.8 Å². The minimum absolute atomic E-state index is 0.0809. The summed E-state index contributed by atoms with van der Waals surface area (Å²) in [5.41, 5.74) is 6.94. The van der Waals surface area contributed by atoms with Crippen LogP contribution in [-0.2, 0) is 0 Å². The second-order valence-corrected chi connectivity index (χ2v) is 6.80. The molecule has 2 heterocycles. The number of nitrogens with two attached hydrogens (primary N) is 1. The van der Waals surface area contributed by atoms with Crippen LogP contribution in [0.1, 0.15) is 18.8 Å². The highest BCUT2D eigenvalue weighted by atomic mass is 35.5. The number of nitrogens with zero attached hydrogens (tertiary/aromatic N) is 6. The van der Waals surface area contributed by atoms with Gasteiger partial charge in [-0.05, 0) is 19.1 Å². The van der Waals surface area contributed by atoms with Crippen LogP contribution in [0.25, 0.3) is 0 Å². The molecule has 7 nitrogen and oxygen atoms in total. The Labute approximate surface area is 153 Å². The molecule has 0 spiro atoms. The van der Waals surface area contributed by atoms with Gasteiger partial charge in [0, 0.05) is 40.3 Å². The molecule has 0 radical (unpaired) electrons. The largest absolute Gasteiger partial charge is 0.368 e. The Morgan fingerprint density at radius 1 is 1.08 bits per heavy atom. The third-order valence-electron chi connectivity index (χ3n) is 4.49. The Morgan fingerprint density at radius 3 is 2.40 bits per heavy atom. The molecule has 1 aliphatic heterocycles. The van der Waals surface area contributed by atoms with Crippen LogP contribution in [0.4, 0.5) is 17.6 Å². The lowest BCUT2D eigenvalue weighted by molar-refractivity contribution is 0.191. The van der Waals surface area contributed by atoms with Gasteiger partial charge >= 0.3 is 0 Å². The van der Waals surface area contributed by atoms with E-state index in [0.717, 1.165) is 36.9 Å². The number of anilines is 3. The molecule has 3 rings (SSSR count). The van der Waals surface area contributed by atoms with Crippen LogP contribution in [0.15, 0.2) is 24.3 Å². The Kier molecular flexibility index (Phi) is 5.24. The highest BCUT2D eigenvalue weighted by Crippen LogP contribution is 2.28. The van der Waals surface area contributed by atoms with Gasteiger partial charge in [-0.3, -0.25) is 4.90 Å². The van der Waals surface area contributed by atoms with Gasteiger partial charge in [-0.15, -0.1) is 0 Å². The Hall–Kier alpha value is -2.12. The summed E-state index contributed by atoms with van der Waals surface area (Å²) in [5, 5.41) is 0.796. The Bertz CT molecular complexity index is 729. The molecule has 134 valence electrons. The zero-order chi connectivity index (χ0) is 18.0. The molecule has 0 bridgehead atoms. The molecule has 25 heavy (non-hydrogen) atoms. The van der Waals surface area contributed by atoms with E-state index in [9.17, 15) is 0 Å². The van der Waals surface area contributed by atoms with Crippen molar-refractivity contribution >= 4 is 29.2 Å². The first-order valence-corrected chi connectivity index (χ1v) is 8.76. The molecule has 8 heteroatoms. The molecular weight excluding hydrogens is 338 g/mol. The van der Waals surface area contributed by atoms with Crippen molar-refractivity contribution < 1.29 is 0 Å². The summed E-state index contributed by atoms with van der Waals surface area (Å²) in [6.07, 6.45) is 0. The number of hydrogen-bond donors (Lipinski definition) is 1. The smallest absolute Gasteiger partial charge is 0.229 e. The third-order valence-corrected chi connectivity index (χ3v) is 4.81. The average molecular weight is 362 g/mol. The first-order valence-electron chi connectivity index (χ1n) is 8.38. The lowest BCUT2D eigenvalue weighted by Gasteiger charge is -2.38. The van der Waals surface area contributed by atoms with Crippen molar-refractivity contribution in [3.05, 3.63) is 35.1 Å². The molecular formula is C17H24ClN7. The fraction of sp³-hybridized carbons (Fsp3) is 0.471. The summed E-state index contributed by atoms with van der Waals surface area (Å²) < 4.78 is 0. The molecule has 1 fully saturated rings. The molecule has 0 saturated carbocycles. The topological polar surface area (TPSA) is 74.4 Å². The van der Waals surface area contributed by atoms with Gasteiger partial charge in [0.05, 0.1) is 16.8 Å². The molecule has 2 N–H and O–H groups in total. The predicted molar refractivity (Wildman–Crippen MR) is 102 cm³/mol. The first kappa shape index (κ1) is 17.7. The monoisotopic (exact) mass is 361 g/mol. The fourth-order valence-corrected chi connectivity index (χ4v) is 3.26. The summed E-state index contributed by atoms with van der Waals surface area (Å²) in [6, 6.07) is 8.06. The molecule has 1 aromatic carbocycles. The number of hydrogen-bond acceptors (Lipinski definition) is 7. The molecule has 0 amide bonds. The number of para-hydroxylation sites is 1. The van der Waals surface area contributed by atoms with Crippen molar-refractivity contribution in [2.45, 2.75) is 13.0 Å². The quantitative estimate of drug-likeness (QED) is 0.893. The standard InChI is InChI=1S/C17H24ClN7/c1-12(15-20-16(19)22-17(21-15)23(2)3)24-8-10-25(11-9-24)14-7-5-4-6-13(14)18/h4-7,12H,8-11H2,1-3H3,(H2,19,20,21,22)/t12-/m1/s1. The highest BCUT2D eigenvalue weighted by Gasteiger charge is 2.25. The summed E-state index contributed by atoms with van der Waals surface area (Å²) in [5.74, 6) is 1.56. The van der Waals surface area contributed by atoms with Crippen molar-refractivity contribution in [1.29, 1.82) is 0 Å². The lowest BCUT2D eigenvalue weighted by Crippen LogP contribution is -2.47. The maximum Gasteiger partial charge on any atom is 0.229 e. The van der Waals surface area contributed by atoms with Crippen LogP contribution in [0.2, 0.25) is 5.02 Å². The van der Waals surface area contributed by atoms with E-state index in [-0.39, 0.29) is 12.0 Å². The minimum atomic E-state index is 0.0809. The zero-order valence-electron chi connectivity index (χ0n) is 14.9. The maximum absolute atomic E-state index is 6.32. The van der Waals surface area contributed by atoms with Gasteiger partial charge in [0.2, 0.25) is 11.9 Å². The first-order chi connectivity index (χ1) is 12.0. The van der Waals surface area contributed by atoms with Crippen LogP contribution in [-0.4, -0.2) is 60.1 Å². The summed E-state index contributed by atoms with van der Waals surface area (Å²) in [4.78, 5) is 19.6. The Morgan fingerprint density at radius 2 is 1.76 bits per heavy atom. The number of aromatic nitrogens is 3. The molecule has 2 aromatic rings. The number of halogens is 1. The van der Waals surface area contributed by atoms with Crippen molar-refractivity contribution in [3.63, 3.8) is 0 Å². The predicted octanol–water partition coefficient (Wildman–Crippen LogP) is 2.06. The van der Waals surface area contributed by atoms with E-state index < -0.39 is 0 Å². The molecule has 1 atom stereocenters. The molecule has 0 aliphatic carbocycles. The van der Waals surface area contributed by atoms with E-state index in [1.54, 1.807) is 0 Å². The SMILES string of the molecule is C[C@H](c1nc(N)nc(N(C)C)n1)N1CCN(c2ccccc2Cl)CC1. The van der Waals surface area contributed by atoms with E-state index in [1.807, 2.05) is 37.2 Å². The van der Waals surface area contributed by atoms with Crippen molar-refractivity contribution in [3.8, 4) is 0 Å². The molecule has 1 aliphatic rings. The molecule has 0 unspecified atom stereocenters. The average Bonchev–Trinajstić information content (AvgIpc) is 2.61. The van der Waals surface area contributed by atoms with Crippen molar-refractivity contribution in [2.24, 2.45) is 0 Å². The van der Waals surface area contributed by atoms with Gasteiger partial charge < -0.3 is 15.5 Å². The van der Waals surface area contributed by atoms with Gasteiger partial charge in [-0.25, -0.2) is 0 Å². The second kappa shape index (κ2) is 7.41. The lowest BCUT2D eigenvalue weighted by atomic mass is 10.2. The number of nitrogen functional groups attached to an aromatic ring is 1. The van der Waals surface area contributed by atoms with Crippen molar-refractivity contribution in [1.82, 2.24) is 19.9 Å². The molecule has 1 aromatic heterocycles. The maximum atomic E-state index is 6.32. The number of piperazine rings is 1. The van der Waals surface area contributed by atoms with Crippen molar-refractivity contribution in [2.75, 3.05) is 55.8 Å². The fourth-order valence-electron chi connectivity index (χ4n) is 3.01. The van der Waals surface area contributed by atoms with Crippen LogP contribution in [0.3, 0.4) is 0 Å². The number of rotatable bonds is 4. The van der Waals surface area contributed by atoms with Crippen LogP contribution < -0.4 is 15.5 Å². The summed E-state index contributed by atoms with van der Waals surface area (Å²) in [6.45, 7) is 5.76. The second-order valence-electron chi connectivity index (χ2n) is 6.40. The van der Waals surface area contributed by atoms with Gasteiger partial charge in [0.25, 0.3) is 0 Å². The van der Waals surface area contributed by atoms with E-state index >= 15 is 0 Å². The van der Waals surface area contributed by atoms with Crippen LogP contribution in [0, 0.1) is 0 Å². The third kappa shape index (κ3) is 3.93. The number of benzene rings is 1. The van der Waals surface area contributed by atoms with E-state index in [4.69, 9.17) is 17.3 Å². The minimum Gasteiger partial charge on any atom is -0.368 e. The van der Waals surface area contributed by atoms with Crippen LogP contribution in [0.5, 0.6) is 0 Å².